The Kier molecular flexibility index (Phi) is 5.03. The lowest BCUT2D eigenvalue weighted by atomic mass is 10.1. The van der Waals surface area contributed by atoms with Crippen molar-refractivity contribution in [1.82, 2.24) is 9.29 Å². The molecule has 9 heteroatoms. The summed E-state index contributed by atoms with van der Waals surface area (Å²) < 4.78 is 36.2. The summed E-state index contributed by atoms with van der Waals surface area (Å²) in [6.07, 6.45) is 0.864. The Morgan fingerprint density at radius 2 is 2.32 bits per heavy atom. The summed E-state index contributed by atoms with van der Waals surface area (Å²) in [6.45, 7) is 5.22. The van der Waals surface area contributed by atoms with Gasteiger partial charge < -0.3 is 4.74 Å². The zero-order valence-corrected chi connectivity index (χ0v) is 13.9. The molecule has 1 unspecified atom stereocenters. The molecule has 1 aliphatic heterocycles. The van der Waals surface area contributed by atoms with Crippen molar-refractivity contribution in [3.8, 4) is 0 Å². The molecule has 1 aliphatic rings. The summed E-state index contributed by atoms with van der Waals surface area (Å²) >= 11 is 3.77. The highest BCUT2D eigenvalue weighted by molar-refractivity contribution is 7.78. The van der Waals surface area contributed by atoms with Crippen molar-refractivity contribution in [2.75, 3.05) is 6.61 Å². The van der Waals surface area contributed by atoms with Gasteiger partial charge in [0.25, 0.3) is 11.3 Å². The zero-order valence-electron chi connectivity index (χ0n) is 12.3. The minimum absolute atomic E-state index is 0.0842. The second-order valence-electron chi connectivity index (χ2n) is 5.78. The topological polar surface area (TPSA) is 68.7 Å². The molecule has 1 aromatic rings. The van der Waals surface area contributed by atoms with Crippen molar-refractivity contribution in [1.29, 1.82) is 0 Å². The van der Waals surface area contributed by atoms with Crippen molar-refractivity contribution >= 4 is 29.0 Å². The summed E-state index contributed by atoms with van der Waals surface area (Å²) in [4.78, 5) is 15.6. The molecule has 0 bridgehead atoms. The first-order chi connectivity index (χ1) is 10.2. The van der Waals surface area contributed by atoms with E-state index in [-0.39, 0.29) is 18.1 Å². The number of hydrogen-bond donors (Lipinski definition) is 0. The normalized spacial score (nSPS) is 22.0. The van der Waals surface area contributed by atoms with Crippen LogP contribution >= 0.6 is 11.6 Å². The van der Waals surface area contributed by atoms with Crippen LogP contribution in [0.2, 0.25) is 5.02 Å². The SMILES string of the molecule is CC(C)(C)OC(=O)N1[C@@H](Cc2cnc(F)c(Cl)c2)COS1=O. The molecule has 0 spiro atoms. The molecule has 6 nitrogen and oxygen atoms in total. The molecule has 1 aromatic heterocycles. The predicted molar refractivity (Wildman–Crippen MR) is 78.9 cm³/mol. The molecule has 122 valence electrons. The average molecular weight is 351 g/mol. The van der Waals surface area contributed by atoms with Crippen molar-refractivity contribution in [2.45, 2.75) is 38.8 Å². The molecule has 0 aromatic carbocycles. The van der Waals surface area contributed by atoms with Crippen LogP contribution in [0.1, 0.15) is 26.3 Å². The number of ether oxygens (including phenoxy) is 1. The number of rotatable bonds is 2. The number of carbonyl (C=O) groups excluding carboxylic acids is 1. The van der Waals surface area contributed by atoms with Crippen LogP contribution in [-0.2, 0) is 26.6 Å². The number of hydrogen-bond acceptors (Lipinski definition) is 5. The molecule has 0 saturated carbocycles. The Morgan fingerprint density at radius 1 is 1.64 bits per heavy atom. The van der Waals surface area contributed by atoms with Crippen LogP contribution in [0.15, 0.2) is 12.3 Å². The molecule has 1 amide bonds. The minimum atomic E-state index is -1.91. The van der Waals surface area contributed by atoms with Gasteiger partial charge in [0, 0.05) is 6.20 Å². The van der Waals surface area contributed by atoms with E-state index in [0.29, 0.717) is 5.56 Å². The molecule has 22 heavy (non-hydrogen) atoms. The standard InChI is InChI=1S/C13H16ClFN2O4S/c1-13(2,3)21-12(18)17-9(7-20-22(17)19)4-8-5-10(14)11(15)16-6-8/h5-6,9H,4,7H2,1-3H3/t9-,22?/m0/s1. The maximum Gasteiger partial charge on any atom is 0.424 e. The second-order valence-corrected chi connectivity index (χ2v) is 7.25. The number of halogens is 2. The number of nitrogens with zero attached hydrogens (tertiary/aromatic N) is 2. The van der Waals surface area contributed by atoms with Crippen LogP contribution < -0.4 is 0 Å². The van der Waals surface area contributed by atoms with Gasteiger partial charge in [-0.25, -0.2) is 14.0 Å². The molecule has 2 rings (SSSR count). The van der Waals surface area contributed by atoms with E-state index in [0.717, 1.165) is 4.31 Å². The lowest BCUT2D eigenvalue weighted by Gasteiger charge is -2.25. The molecule has 0 N–H and O–H groups in total. The third-order valence-corrected chi connectivity index (χ3v) is 4.12. The van der Waals surface area contributed by atoms with Gasteiger partial charge in [-0.1, -0.05) is 11.6 Å². The molecular weight excluding hydrogens is 335 g/mol. The van der Waals surface area contributed by atoms with E-state index in [4.69, 9.17) is 20.5 Å². The Hall–Kier alpha value is -1.25. The van der Waals surface area contributed by atoms with E-state index in [1.807, 2.05) is 0 Å². The Morgan fingerprint density at radius 3 is 2.91 bits per heavy atom. The first-order valence-corrected chi connectivity index (χ1v) is 7.95. The third kappa shape index (κ3) is 4.15. The van der Waals surface area contributed by atoms with E-state index in [1.165, 1.54) is 12.3 Å². The van der Waals surface area contributed by atoms with E-state index < -0.39 is 35.0 Å². The smallest absolute Gasteiger partial charge is 0.424 e. The lowest BCUT2D eigenvalue weighted by Crippen LogP contribution is -2.41. The maximum absolute atomic E-state index is 13.1. The van der Waals surface area contributed by atoms with Crippen LogP contribution in [0.3, 0.4) is 0 Å². The van der Waals surface area contributed by atoms with Gasteiger partial charge in [-0.05, 0) is 38.8 Å². The average Bonchev–Trinajstić information content (AvgIpc) is 2.73. The quantitative estimate of drug-likeness (QED) is 0.767. The predicted octanol–water partition coefficient (Wildman–Crippen LogP) is 2.63. The fraction of sp³-hybridized carbons (Fsp3) is 0.538. The van der Waals surface area contributed by atoms with Crippen LogP contribution in [-0.4, -0.2) is 37.8 Å². The van der Waals surface area contributed by atoms with Gasteiger partial charge in [-0.15, -0.1) is 0 Å². The van der Waals surface area contributed by atoms with Crippen molar-refractivity contribution in [3.05, 3.63) is 28.8 Å². The third-order valence-electron chi connectivity index (χ3n) is 2.75. The van der Waals surface area contributed by atoms with Crippen molar-refractivity contribution in [3.63, 3.8) is 0 Å². The van der Waals surface area contributed by atoms with E-state index >= 15 is 0 Å². The fourth-order valence-corrected chi connectivity index (χ4v) is 3.00. The largest absolute Gasteiger partial charge is 0.443 e. The first kappa shape index (κ1) is 17.1. The Balaban J connectivity index is 2.13. The van der Waals surface area contributed by atoms with Crippen LogP contribution in [0.25, 0.3) is 0 Å². The van der Waals surface area contributed by atoms with Gasteiger partial charge in [0.1, 0.15) is 5.60 Å². The van der Waals surface area contributed by atoms with Gasteiger partial charge in [0.05, 0.1) is 17.7 Å². The second kappa shape index (κ2) is 6.47. The molecule has 1 saturated heterocycles. The minimum Gasteiger partial charge on any atom is -0.443 e. The van der Waals surface area contributed by atoms with Crippen LogP contribution in [0.5, 0.6) is 0 Å². The highest BCUT2D eigenvalue weighted by Crippen LogP contribution is 2.23. The molecular formula is C13H16ClFN2O4S. The van der Waals surface area contributed by atoms with E-state index in [9.17, 15) is 13.4 Å². The Bertz CT molecular complexity index is 608. The van der Waals surface area contributed by atoms with Crippen molar-refractivity contribution in [2.24, 2.45) is 0 Å². The monoisotopic (exact) mass is 350 g/mol. The van der Waals surface area contributed by atoms with E-state index in [2.05, 4.69) is 4.98 Å². The number of pyridine rings is 1. The van der Waals surface area contributed by atoms with Gasteiger partial charge in [0.15, 0.2) is 0 Å². The zero-order chi connectivity index (χ0) is 16.5. The summed E-state index contributed by atoms with van der Waals surface area (Å²) in [5, 5.41) is -0.110. The highest BCUT2D eigenvalue weighted by Gasteiger charge is 2.39. The highest BCUT2D eigenvalue weighted by atomic mass is 35.5. The number of aromatic nitrogens is 1. The lowest BCUT2D eigenvalue weighted by molar-refractivity contribution is 0.0363. The number of carbonyl (C=O) groups is 1. The summed E-state index contributed by atoms with van der Waals surface area (Å²) in [6, 6.07) is 0.914. The Labute approximate surface area is 135 Å². The fourth-order valence-electron chi connectivity index (χ4n) is 1.89. The molecule has 0 aliphatic carbocycles. The van der Waals surface area contributed by atoms with Gasteiger partial charge in [0.2, 0.25) is 5.95 Å². The van der Waals surface area contributed by atoms with Crippen LogP contribution in [0, 0.1) is 5.95 Å². The van der Waals surface area contributed by atoms with Crippen LogP contribution in [0.4, 0.5) is 9.18 Å². The molecule has 1 fully saturated rings. The molecule has 2 heterocycles. The first-order valence-electron chi connectivity index (χ1n) is 6.54. The molecule has 0 radical (unpaired) electrons. The van der Waals surface area contributed by atoms with Gasteiger partial charge in [-0.2, -0.15) is 8.70 Å². The summed E-state index contributed by atoms with van der Waals surface area (Å²) in [5.41, 5.74) is -0.109. The van der Waals surface area contributed by atoms with E-state index in [1.54, 1.807) is 20.8 Å². The number of amides is 1. The maximum atomic E-state index is 13.1. The molecule has 2 atom stereocenters. The van der Waals surface area contributed by atoms with Crippen molar-refractivity contribution < 1.29 is 22.3 Å². The summed E-state index contributed by atoms with van der Waals surface area (Å²) in [5.74, 6) is -0.763. The van der Waals surface area contributed by atoms with Gasteiger partial charge in [-0.3, -0.25) is 4.18 Å². The van der Waals surface area contributed by atoms with Gasteiger partial charge >= 0.3 is 6.09 Å². The summed E-state index contributed by atoms with van der Waals surface area (Å²) in [7, 11) is 0.